The molecule has 1 aromatic heterocycles. The molecule has 1 heterocycles. The van der Waals surface area contributed by atoms with Crippen molar-refractivity contribution in [2.45, 2.75) is 51.5 Å². The number of nitrogens with two attached hydrogens (primary N) is 1. The zero-order chi connectivity index (χ0) is 22.1. The SMILES string of the molecule is CCC[C@@H](CC(=O)O)Nc1nc(N)nc(CCC(=O)O)c1Cc1ccccc1OC. The second-order valence-corrected chi connectivity index (χ2v) is 6.97. The Morgan fingerprint density at radius 1 is 1.20 bits per heavy atom. The summed E-state index contributed by atoms with van der Waals surface area (Å²) >= 11 is 0. The molecule has 0 aliphatic carbocycles. The average molecular weight is 416 g/mol. The van der Waals surface area contributed by atoms with Crippen LogP contribution in [0.4, 0.5) is 11.8 Å². The minimum absolute atomic E-state index is 0.00670. The van der Waals surface area contributed by atoms with E-state index in [1.807, 2.05) is 31.2 Å². The van der Waals surface area contributed by atoms with E-state index in [1.165, 1.54) is 0 Å². The Balaban J connectivity index is 2.49. The van der Waals surface area contributed by atoms with Crippen molar-refractivity contribution in [3.8, 4) is 5.75 Å². The number of aliphatic carboxylic acids is 2. The van der Waals surface area contributed by atoms with Crippen molar-refractivity contribution >= 4 is 23.7 Å². The van der Waals surface area contributed by atoms with Crippen molar-refractivity contribution in [1.82, 2.24) is 9.97 Å². The molecule has 2 rings (SSSR count). The number of methoxy groups -OCH3 is 1. The summed E-state index contributed by atoms with van der Waals surface area (Å²) in [6.07, 6.45) is 1.80. The van der Waals surface area contributed by atoms with E-state index in [9.17, 15) is 14.7 Å². The highest BCUT2D eigenvalue weighted by atomic mass is 16.5. The second kappa shape index (κ2) is 11.0. The molecule has 1 atom stereocenters. The Hall–Kier alpha value is -3.36. The van der Waals surface area contributed by atoms with Crippen LogP contribution in [0, 0.1) is 0 Å². The molecule has 0 aliphatic rings. The van der Waals surface area contributed by atoms with Crippen LogP contribution in [0.25, 0.3) is 0 Å². The fourth-order valence-electron chi connectivity index (χ4n) is 3.30. The zero-order valence-electron chi connectivity index (χ0n) is 17.2. The van der Waals surface area contributed by atoms with Crippen LogP contribution in [0.3, 0.4) is 0 Å². The Bertz CT molecular complexity index is 888. The molecule has 0 unspecified atom stereocenters. The number of carboxylic acid groups (broad SMARTS) is 2. The quantitative estimate of drug-likeness (QED) is 0.410. The van der Waals surface area contributed by atoms with Crippen LogP contribution in [0.15, 0.2) is 24.3 Å². The fraction of sp³-hybridized carbons (Fsp3) is 0.429. The molecular weight excluding hydrogens is 388 g/mol. The van der Waals surface area contributed by atoms with Crippen molar-refractivity contribution in [2.75, 3.05) is 18.2 Å². The third-order valence-corrected chi connectivity index (χ3v) is 4.64. The number of nitrogens with zero attached hydrogens (tertiary/aromatic N) is 2. The van der Waals surface area contributed by atoms with E-state index in [2.05, 4.69) is 15.3 Å². The zero-order valence-corrected chi connectivity index (χ0v) is 17.2. The van der Waals surface area contributed by atoms with Crippen molar-refractivity contribution < 1.29 is 24.5 Å². The summed E-state index contributed by atoms with van der Waals surface area (Å²) in [6, 6.07) is 7.13. The first kappa shape index (κ1) is 22.9. The minimum atomic E-state index is -0.945. The molecule has 0 radical (unpaired) electrons. The molecule has 0 fully saturated rings. The van der Waals surface area contributed by atoms with E-state index in [4.69, 9.17) is 15.6 Å². The number of hydrogen-bond acceptors (Lipinski definition) is 7. The molecule has 162 valence electrons. The number of carbonyl (C=O) groups is 2. The van der Waals surface area contributed by atoms with Crippen LogP contribution in [0.5, 0.6) is 5.75 Å². The third-order valence-electron chi connectivity index (χ3n) is 4.64. The number of anilines is 2. The molecule has 5 N–H and O–H groups in total. The summed E-state index contributed by atoms with van der Waals surface area (Å²) in [7, 11) is 1.58. The Kier molecular flexibility index (Phi) is 8.40. The van der Waals surface area contributed by atoms with Gasteiger partial charge in [0.15, 0.2) is 0 Å². The first-order valence-electron chi connectivity index (χ1n) is 9.81. The Morgan fingerprint density at radius 2 is 1.93 bits per heavy atom. The van der Waals surface area contributed by atoms with Gasteiger partial charge < -0.3 is 26.0 Å². The van der Waals surface area contributed by atoms with Gasteiger partial charge in [0, 0.05) is 24.4 Å². The lowest BCUT2D eigenvalue weighted by atomic mass is 9.99. The molecule has 0 spiro atoms. The van der Waals surface area contributed by atoms with Gasteiger partial charge in [0.25, 0.3) is 0 Å². The predicted molar refractivity (Wildman–Crippen MR) is 113 cm³/mol. The highest BCUT2D eigenvalue weighted by molar-refractivity contribution is 5.69. The van der Waals surface area contributed by atoms with Crippen LogP contribution >= 0.6 is 0 Å². The summed E-state index contributed by atoms with van der Waals surface area (Å²) in [4.78, 5) is 31.0. The number of rotatable bonds is 12. The van der Waals surface area contributed by atoms with Gasteiger partial charge in [-0.2, -0.15) is 4.98 Å². The number of nitrogens with one attached hydrogen (secondary N) is 1. The van der Waals surface area contributed by atoms with Gasteiger partial charge in [-0.1, -0.05) is 31.5 Å². The van der Waals surface area contributed by atoms with Gasteiger partial charge >= 0.3 is 11.9 Å². The van der Waals surface area contributed by atoms with E-state index < -0.39 is 11.9 Å². The predicted octanol–water partition coefficient (Wildman–Crippen LogP) is 2.73. The summed E-state index contributed by atoms with van der Waals surface area (Å²) in [5.41, 5.74) is 7.96. The minimum Gasteiger partial charge on any atom is -0.496 e. The maximum Gasteiger partial charge on any atom is 0.305 e. The summed E-state index contributed by atoms with van der Waals surface area (Å²) in [6.45, 7) is 1.97. The van der Waals surface area contributed by atoms with E-state index in [-0.39, 0.29) is 31.3 Å². The molecule has 9 nitrogen and oxygen atoms in total. The third kappa shape index (κ3) is 6.61. The highest BCUT2D eigenvalue weighted by Gasteiger charge is 2.20. The molecule has 0 amide bonds. The van der Waals surface area contributed by atoms with Gasteiger partial charge in [0.2, 0.25) is 5.95 Å². The van der Waals surface area contributed by atoms with Crippen LogP contribution in [0.2, 0.25) is 0 Å². The maximum absolute atomic E-state index is 11.3. The van der Waals surface area contributed by atoms with Crippen LogP contribution < -0.4 is 15.8 Å². The average Bonchev–Trinajstić information content (AvgIpc) is 2.68. The largest absolute Gasteiger partial charge is 0.496 e. The highest BCUT2D eigenvalue weighted by Crippen LogP contribution is 2.28. The molecule has 9 heteroatoms. The molecule has 30 heavy (non-hydrogen) atoms. The number of benzene rings is 1. The summed E-state index contributed by atoms with van der Waals surface area (Å²) in [5, 5.41) is 21.6. The van der Waals surface area contributed by atoms with Crippen molar-refractivity contribution in [3.63, 3.8) is 0 Å². The van der Waals surface area contributed by atoms with Crippen molar-refractivity contribution in [1.29, 1.82) is 0 Å². The molecular formula is C21H28N4O5. The lowest BCUT2D eigenvalue weighted by Crippen LogP contribution is -2.25. The molecule has 2 aromatic rings. The van der Waals surface area contributed by atoms with Gasteiger partial charge in [-0.05, 0) is 18.1 Å². The maximum atomic E-state index is 11.3. The van der Waals surface area contributed by atoms with Crippen LogP contribution in [0.1, 0.15) is 49.4 Å². The lowest BCUT2D eigenvalue weighted by molar-refractivity contribution is -0.138. The summed E-state index contributed by atoms with van der Waals surface area (Å²) < 4.78 is 5.43. The number of ether oxygens (including phenoxy) is 1. The van der Waals surface area contributed by atoms with E-state index in [0.29, 0.717) is 35.7 Å². The van der Waals surface area contributed by atoms with Gasteiger partial charge in [-0.15, -0.1) is 0 Å². The smallest absolute Gasteiger partial charge is 0.305 e. The number of aromatic nitrogens is 2. The van der Waals surface area contributed by atoms with Gasteiger partial charge in [-0.3, -0.25) is 9.59 Å². The van der Waals surface area contributed by atoms with E-state index >= 15 is 0 Å². The monoisotopic (exact) mass is 416 g/mol. The standard InChI is InChI=1S/C21H28N4O5/c1-3-6-14(12-19(28)29)23-20-15(11-13-7-4-5-8-17(13)30-2)16(9-10-18(26)27)24-21(22)25-20/h4-5,7-8,14H,3,6,9-12H2,1-2H3,(H,26,27)(H,28,29)(H3,22,23,24,25)/t14-/m0/s1. The van der Waals surface area contributed by atoms with Crippen molar-refractivity contribution in [2.24, 2.45) is 0 Å². The Morgan fingerprint density at radius 3 is 2.57 bits per heavy atom. The second-order valence-electron chi connectivity index (χ2n) is 6.97. The first-order chi connectivity index (χ1) is 14.3. The van der Waals surface area contributed by atoms with E-state index in [1.54, 1.807) is 7.11 Å². The lowest BCUT2D eigenvalue weighted by Gasteiger charge is -2.21. The Labute approximate surface area is 175 Å². The molecule has 1 aromatic carbocycles. The van der Waals surface area contributed by atoms with Gasteiger partial charge in [-0.25, -0.2) is 4.98 Å². The normalized spacial score (nSPS) is 11.7. The number of para-hydroxylation sites is 1. The molecule has 0 bridgehead atoms. The van der Waals surface area contributed by atoms with E-state index in [0.717, 1.165) is 12.0 Å². The summed E-state index contributed by atoms with van der Waals surface area (Å²) in [5.74, 6) is -0.749. The number of hydrogen-bond donors (Lipinski definition) is 4. The van der Waals surface area contributed by atoms with Crippen LogP contribution in [-0.4, -0.2) is 45.3 Å². The topological polar surface area (TPSA) is 148 Å². The van der Waals surface area contributed by atoms with Crippen molar-refractivity contribution in [3.05, 3.63) is 41.1 Å². The number of aryl methyl sites for hydroxylation is 1. The molecule has 0 saturated heterocycles. The van der Waals surface area contributed by atoms with Crippen LogP contribution in [-0.2, 0) is 22.4 Å². The number of carboxylic acids is 2. The van der Waals surface area contributed by atoms with Gasteiger partial charge in [0.1, 0.15) is 11.6 Å². The molecule has 0 aliphatic heterocycles. The fourth-order valence-corrected chi connectivity index (χ4v) is 3.30. The number of nitrogen functional groups attached to an aromatic ring is 1. The molecule has 0 saturated carbocycles. The van der Waals surface area contributed by atoms with Gasteiger partial charge in [0.05, 0.1) is 25.6 Å². The first-order valence-corrected chi connectivity index (χ1v) is 9.81.